The molecule has 0 unspecified atom stereocenters. The molecular weight excluding hydrogens is 370 g/mol. The largest absolute Gasteiger partial charge is 0.493 e. The average Bonchev–Trinajstić information content (AvgIpc) is 3.06. The third-order valence-electron chi connectivity index (χ3n) is 4.59. The molecule has 0 fully saturated rings. The lowest BCUT2D eigenvalue weighted by molar-refractivity contribution is -0.116. The van der Waals surface area contributed by atoms with Crippen molar-refractivity contribution in [2.24, 2.45) is 0 Å². The summed E-state index contributed by atoms with van der Waals surface area (Å²) in [7, 11) is 4.66. The van der Waals surface area contributed by atoms with Crippen molar-refractivity contribution >= 4 is 23.0 Å². The summed E-state index contributed by atoms with van der Waals surface area (Å²) < 4.78 is 18.1. The van der Waals surface area contributed by atoms with E-state index in [0.29, 0.717) is 30.3 Å². The molecule has 0 aliphatic rings. The minimum Gasteiger partial charge on any atom is -0.493 e. The topological polar surface area (TPSA) is 74.6 Å². The molecule has 0 spiro atoms. The molecule has 1 heterocycles. The fourth-order valence-corrected chi connectivity index (χ4v) is 3.20. The van der Waals surface area contributed by atoms with Crippen LogP contribution in [0.4, 0.5) is 0 Å². The Balaban J connectivity index is 1.63. The van der Waals surface area contributed by atoms with E-state index in [2.05, 4.69) is 14.9 Å². The molecule has 3 rings (SSSR count). The highest BCUT2D eigenvalue weighted by Gasteiger charge is 2.12. The molecule has 1 amide bonds. The maximum absolute atomic E-state index is 12.2. The third-order valence-corrected chi connectivity index (χ3v) is 4.59. The van der Waals surface area contributed by atoms with E-state index in [4.69, 9.17) is 14.2 Å². The molecule has 0 aliphatic carbocycles. The van der Waals surface area contributed by atoms with Crippen LogP contribution in [0, 0.1) is 6.92 Å². The fourth-order valence-electron chi connectivity index (χ4n) is 3.20. The molecule has 0 saturated heterocycles. The number of aromatic nitrogens is 2. The van der Waals surface area contributed by atoms with Crippen molar-refractivity contribution in [1.82, 2.24) is 14.9 Å². The third kappa shape index (κ3) is 4.51. The van der Waals surface area contributed by atoms with E-state index < -0.39 is 0 Å². The number of methoxy groups -OCH3 is 3. The van der Waals surface area contributed by atoms with Gasteiger partial charge in [0.05, 0.1) is 32.4 Å². The fraction of sp³-hybridized carbons (Fsp3) is 0.273. The Labute approximate surface area is 169 Å². The Morgan fingerprint density at radius 3 is 2.45 bits per heavy atom. The normalized spacial score (nSPS) is 11.0. The molecule has 7 nitrogen and oxygen atoms in total. The summed E-state index contributed by atoms with van der Waals surface area (Å²) in [6.45, 7) is 3.11. The number of benzene rings is 2. The van der Waals surface area contributed by atoms with Crippen LogP contribution in [0.2, 0.25) is 0 Å². The van der Waals surface area contributed by atoms with E-state index in [1.807, 2.05) is 31.2 Å². The van der Waals surface area contributed by atoms with Crippen molar-refractivity contribution in [2.45, 2.75) is 13.5 Å². The number of carbonyl (C=O) groups excluding carboxylic acids is 1. The van der Waals surface area contributed by atoms with E-state index in [-0.39, 0.29) is 5.91 Å². The van der Waals surface area contributed by atoms with Gasteiger partial charge in [0.25, 0.3) is 0 Å². The molecule has 1 N–H and O–H groups in total. The van der Waals surface area contributed by atoms with Gasteiger partial charge < -0.3 is 24.1 Å². The van der Waals surface area contributed by atoms with Gasteiger partial charge in [-0.1, -0.05) is 12.1 Å². The predicted octanol–water partition coefficient (Wildman–Crippen LogP) is 3.20. The molecule has 0 aliphatic heterocycles. The van der Waals surface area contributed by atoms with Crippen LogP contribution in [0.15, 0.2) is 42.5 Å². The number of nitrogens with one attached hydrogen (secondary N) is 1. The van der Waals surface area contributed by atoms with Crippen molar-refractivity contribution < 1.29 is 19.0 Å². The minimum atomic E-state index is -0.180. The zero-order chi connectivity index (χ0) is 20.8. The summed E-state index contributed by atoms with van der Waals surface area (Å²) in [5.74, 6) is 2.33. The van der Waals surface area contributed by atoms with Crippen molar-refractivity contribution in [3.05, 3.63) is 53.9 Å². The lowest BCUT2D eigenvalue weighted by atomic mass is 10.1. The highest BCUT2D eigenvalue weighted by Crippen LogP contribution is 2.38. The van der Waals surface area contributed by atoms with E-state index >= 15 is 0 Å². The molecular formula is C22H25N3O4. The second-order valence-corrected chi connectivity index (χ2v) is 6.38. The Kier molecular flexibility index (Phi) is 6.39. The van der Waals surface area contributed by atoms with Crippen LogP contribution in [-0.4, -0.2) is 43.3 Å². The Morgan fingerprint density at radius 2 is 1.79 bits per heavy atom. The van der Waals surface area contributed by atoms with Crippen LogP contribution in [-0.2, 0) is 11.3 Å². The molecule has 0 radical (unpaired) electrons. The van der Waals surface area contributed by atoms with Gasteiger partial charge in [0.2, 0.25) is 11.7 Å². The molecule has 3 aromatic rings. The first-order valence-corrected chi connectivity index (χ1v) is 9.25. The zero-order valence-corrected chi connectivity index (χ0v) is 17.1. The highest BCUT2D eigenvalue weighted by molar-refractivity contribution is 5.91. The zero-order valence-electron chi connectivity index (χ0n) is 17.1. The average molecular weight is 395 g/mol. The minimum absolute atomic E-state index is 0.180. The van der Waals surface area contributed by atoms with Gasteiger partial charge >= 0.3 is 0 Å². The number of fused-ring (bicyclic) bond motifs is 1. The van der Waals surface area contributed by atoms with E-state index in [9.17, 15) is 4.79 Å². The van der Waals surface area contributed by atoms with E-state index in [0.717, 1.165) is 22.4 Å². The first-order chi connectivity index (χ1) is 14.1. The number of aryl methyl sites for hydroxylation is 1. The van der Waals surface area contributed by atoms with Crippen LogP contribution < -0.4 is 19.5 Å². The number of para-hydroxylation sites is 2. The quantitative estimate of drug-likeness (QED) is 0.593. The molecule has 0 bridgehead atoms. The van der Waals surface area contributed by atoms with Gasteiger partial charge in [-0.15, -0.1) is 0 Å². The SMILES string of the molecule is COc1cc(/C=C/C(=O)NCCn2c(C)nc3ccccc32)cc(OC)c1OC. The number of carbonyl (C=O) groups is 1. The number of rotatable bonds is 8. The van der Waals surface area contributed by atoms with Gasteiger partial charge in [0, 0.05) is 19.2 Å². The number of hydrogen-bond donors (Lipinski definition) is 1. The molecule has 2 aromatic carbocycles. The maximum atomic E-state index is 12.2. The molecule has 0 atom stereocenters. The Bertz CT molecular complexity index is 1010. The molecule has 29 heavy (non-hydrogen) atoms. The summed E-state index contributed by atoms with van der Waals surface area (Å²) in [6.07, 6.45) is 3.19. The van der Waals surface area contributed by atoms with Crippen LogP contribution in [0.5, 0.6) is 17.2 Å². The number of imidazole rings is 1. The van der Waals surface area contributed by atoms with Crippen molar-refractivity contribution in [2.75, 3.05) is 27.9 Å². The predicted molar refractivity (Wildman–Crippen MR) is 113 cm³/mol. The Hall–Kier alpha value is -3.48. The highest BCUT2D eigenvalue weighted by atomic mass is 16.5. The second-order valence-electron chi connectivity index (χ2n) is 6.38. The molecule has 7 heteroatoms. The van der Waals surface area contributed by atoms with Crippen molar-refractivity contribution in [3.8, 4) is 17.2 Å². The van der Waals surface area contributed by atoms with Crippen LogP contribution >= 0.6 is 0 Å². The van der Waals surface area contributed by atoms with E-state index in [1.165, 1.54) is 6.08 Å². The number of amides is 1. The smallest absolute Gasteiger partial charge is 0.244 e. The number of hydrogen-bond acceptors (Lipinski definition) is 5. The second kappa shape index (κ2) is 9.14. The summed E-state index contributed by atoms with van der Waals surface area (Å²) >= 11 is 0. The monoisotopic (exact) mass is 395 g/mol. The van der Waals surface area contributed by atoms with E-state index in [1.54, 1.807) is 39.5 Å². The first kappa shape index (κ1) is 20.3. The number of ether oxygens (including phenoxy) is 3. The summed E-state index contributed by atoms with van der Waals surface area (Å²) in [5, 5.41) is 2.90. The first-order valence-electron chi connectivity index (χ1n) is 9.25. The summed E-state index contributed by atoms with van der Waals surface area (Å²) in [6, 6.07) is 11.5. The standard InChI is InChI=1S/C22H25N3O4/c1-15-24-17-7-5-6-8-18(17)25(15)12-11-23-21(26)10-9-16-13-19(27-2)22(29-4)20(14-16)28-3/h5-10,13-14H,11-12H2,1-4H3,(H,23,26)/b10-9+. The Morgan fingerprint density at radius 1 is 1.10 bits per heavy atom. The number of nitrogens with zero attached hydrogens (tertiary/aromatic N) is 2. The van der Waals surface area contributed by atoms with Gasteiger partial charge in [-0.05, 0) is 42.8 Å². The lowest BCUT2D eigenvalue weighted by Crippen LogP contribution is -2.25. The molecule has 152 valence electrons. The molecule has 1 aromatic heterocycles. The summed E-state index contributed by atoms with van der Waals surface area (Å²) in [4.78, 5) is 16.8. The van der Waals surface area contributed by atoms with Gasteiger partial charge in [0.15, 0.2) is 11.5 Å². The van der Waals surface area contributed by atoms with Gasteiger partial charge in [-0.25, -0.2) is 4.98 Å². The van der Waals surface area contributed by atoms with Gasteiger partial charge in [-0.2, -0.15) is 0 Å². The lowest BCUT2D eigenvalue weighted by Gasteiger charge is -2.12. The van der Waals surface area contributed by atoms with Crippen LogP contribution in [0.25, 0.3) is 17.1 Å². The van der Waals surface area contributed by atoms with Crippen molar-refractivity contribution in [1.29, 1.82) is 0 Å². The maximum Gasteiger partial charge on any atom is 0.244 e. The summed E-state index contributed by atoms with van der Waals surface area (Å²) in [5.41, 5.74) is 2.79. The molecule has 0 saturated carbocycles. The van der Waals surface area contributed by atoms with Crippen LogP contribution in [0.3, 0.4) is 0 Å². The van der Waals surface area contributed by atoms with Gasteiger partial charge in [-0.3, -0.25) is 4.79 Å². The van der Waals surface area contributed by atoms with Crippen LogP contribution in [0.1, 0.15) is 11.4 Å². The van der Waals surface area contributed by atoms with Crippen molar-refractivity contribution in [3.63, 3.8) is 0 Å². The van der Waals surface area contributed by atoms with Gasteiger partial charge in [0.1, 0.15) is 5.82 Å².